The van der Waals surface area contributed by atoms with Crippen LogP contribution in [0.4, 0.5) is 5.69 Å². The van der Waals surface area contributed by atoms with Gasteiger partial charge in [-0.25, -0.2) is 0 Å². The van der Waals surface area contributed by atoms with Crippen LogP contribution in [-0.4, -0.2) is 25.2 Å². The van der Waals surface area contributed by atoms with Gasteiger partial charge in [0.1, 0.15) is 5.75 Å². The topological polar surface area (TPSA) is 49.1 Å². The van der Waals surface area contributed by atoms with Crippen molar-refractivity contribution in [2.75, 3.05) is 24.9 Å². The highest BCUT2D eigenvalue weighted by Crippen LogP contribution is 2.36. The maximum atomic E-state index is 6.18. The van der Waals surface area contributed by atoms with Gasteiger partial charge in [0.05, 0.1) is 28.4 Å². The second kappa shape index (κ2) is 10.1. The Hall–Kier alpha value is -1.53. The van der Waals surface area contributed by atoms with E-state index in [-0.39, 0.29) is 0 Å². The summed E-state index contributed by atoms with van der Waals surface area (Å²) >= 11 is 13.8. The minimum absolute atomic E-state index is 0.616. The Labute approximate surface area is 174 Å². The predicted octanol–water partition coefficient (Wildman–Crippen LogP) is 6.36. The zero-order valence-corrected chi connectivity index (χ0v) is 17.5. The third-order valence-electron chi connectivity index (χ3n) is 4.26. The van der Waals surface area contributed by atoms with Gasteiger partial charge in [0.25, 0.3) is 0 Å². The molecule has 0 bridgehead atoms. The molecule has 0 radical (unpaired) electrons. The lowest BCUT2D eigenvalue weighted by Crippen LogP contribution is -2.21. The molecule has 1 saturated heterocycles. The lowest BCUT2D eigenvalue weighted by atomic mass is 10.2. The molecular formula is C20H23Cl2N3OS. The van der Waals surface area contributed by atoms with Gasteiger partial charge in [0.15, 0.2) is 0 Å². The molecule has 0 unspecified atom stereocenters. The normalized spacial score (nSPS) is 13.7. The van der Waals surface area contributed by atoms with Crippen LogP contribution in [0, 0.1) is 0 Å². The SMILES string of the molecule is C1CCNCC1.COc1cccc(SNc2ccc(Cl)c3c(Cl)c[nH]c23)c1. The molecule has 4 nitrogen and oxygen atoms in total. The largest absolute Gasteiger partial charge is 0.497 e. The first-order valence-electron chi connectivity index (χ1n) is 8.92. The molecule has 27 heavy (non-hydrogen) atoms. The number of fused-ring (bicyclic) bond motifs is 1. The van der Waals surface area contributed by atoms with Gasteiger partial charge in [-0.3, -0.25) is 0 Å². The maximum Gasteiger partial charge on any atom is 0.120 e. The zero-order valence-electron chi connectivity index (χ0n) is 15.1. The quantitative estimate of drug-likeness (QED) is 0.427. The molecule has 0 atom stereocenters. The number of nitrogens with one attached hydrogen (secondary N) is 3. The van der Waals surface area contributed by atoms with Gasteiger partial charge in [-0.15, -0.1) is 0 Å². The van der Waals surface area contributed by atoms with Gasteiger partial charge in [-0.1, -0.05) is 35.7 Å². The lowest BCUT2D eigenvalue weighted by Gasteiger charge is -2.08. The molecule has 3 N–H and O–H groups in total. The molecule has 3 aromatic rings. The highest BCUT2D eigenvalue weighted by Gasteiger charge is 2.10. The molecular weight excluding hydrogens is 401 g/mol. The molecule has 2 heterocycles. The van der Waals surface area contributed by atoms with Gasteiger partial charge < -0.3 is 19.8 Å². The third kappa shape index (κ3) is 5.48. The van der Waals surface area contributed by atoms with E-state index >= 15 is 0 Å². The Morgan fingerprint density at radius 1 is 1.04 bits per heavy atom. The first-order chi connectivity index (χ1) is 13.2. The van der Waals surface area contributed by atoms with Crippen molar-refractivity contribution in [2.45, 2.75) is 24.2 Å². The summed E-state index contributed by atoms with van der Waals surface area (Å²) in [6.07, 6.45) is 5.95. The Morgan fingerprint density at radius 2 is 1.85 bits per heavy atom. The number of ether oxygens (including phenoxy) is 1. The van der Waals surface area contributed by atoms with E-state index in [4.69, 9.17) is 27.9 Å². The number of methoxy groups -OCH3 is 1. The van der Waals surface area contributed by atoms with Gasteiger partial charge in [-0.2, -0.15) is 0 Å². The number of piperidine rings is 1. The number of rotatable bonds is 4. The number of anilines is 1. The smallest absolute Gasteiger partial charge is 0.120 e. The van der Waals surface area contributed by atoms with Crippen LogP contribution >= 0.6 is 35.1 Å². The van der Waals surface area contributed by atoms with Crippen molar-refractivity contribution in [1.82, 2.24) is 10.3 Å². The summed E-state index contributed by atoms with van der Waals surface area (Å²) in [4.78, 5) is 4.19. The van der Waals surface area contributed by atoms with Crippen molar-refractivity contribution in [3.63, 3.8) is 0 Å². The van der Waals surface area contributed by atoms with Crippen molar-refractivity contribution >= 4 is 51.7 Å². The summed E-state index contributed by atoms with van der Waals surface area (Å²) in [5.41, 5.74) is 1.82. The highest BCUT2D eigenvalue weighted by atomic mass is 35.5. The Morgan fingerprint density at radius 3 is 2.52 bits per heavy atom. The average molecular weight is 424 g/mol. The minimum atomic E-state index is 0.616. The van der Waals surface area contributed by atoms with Gasteiger partial charge >= 0.3 is 0 Å². The standard InChI is InChI=1S/C15H12Cl2N2OS.C5H11N/c1-20-9-3-2-4-10(7-9)21-19-13-6-5-11(16)14-12(17)8-18-15(13)14;1-2-4-6-5-3-1/h2-8,18-19H,1H3;6H,1-5H2. The summed E-state index contributed by atoms with van der Waals surface area (Å²) in [6, 6.07) is 11.6. The van der Waals surface area contributed by atoms with E-state index in [0.29, 0.717) is 10.0 Å². The van der Waals surface area contributed by atoms with Crippen LogP contribution in [0.1, 0.15) is 19.3 Å². The number of hydrogen-bond acceptors (Lipinski definition) is 4. The molecule has 1 aliphatic rings. The monoisotopic (exact) mass is 423 g/mol. The van der Waals surface area contributed by atoms with Gasteiger partial charge in [0, 0.05) is 16.5 Å². The Bertz CT molecular complexity index is 869. The van der Waals surface area contributed by atoms with Crippen LogP contribution < -0.4 is 14.8 Å². The fourth-order valence-electron chi connectivity index (χ4n) is 2.83. The molecule has 2 aromatic carbocycles. The molecule has 144 valence electrons. The molecule has 1 aromatic heterocycles. The average Bonchev–Trinajstić information content (AvgIpc) is 3.12. The molecule has 0 aliphatic carbocycles. The Kier molecular flexibility index (Phi) is 7.59. The zero-order chi connectivity index (χ0) is 19.1. The van der Waals surface area contributed by atoms with Crippen molar-refractivity contribution in [3.05, 3.63) is 52.6 Å². The van der Waals surface area contributed by atoms with E-state index in [1.807, 2.05) is 36.4 Å². The highest BCUT2D eigenvalue weighted by molar-refractivity contribution is 8.00. The Balaban J connectivity index is 0.000000299. The second-order valence-electron chi connectivity index (χ2n) is 6.18. The first kappa shape index (κ1) is 20.2. The van der Waals surface area contributed by atoms with Gasteiger partial charge in [-0.05, 0) is 68.2 Å². The van der Waals surface area contributed by atoms with Crippen molar-refractivity contribution in [2.24, 2.45) is 0 Å². The summed E-state index contributed by atoms with van der Waals surface area (Å²) in [5, 5.41) is 5.36. The second-order valence-corrected chi connectivity index (χ2v) is 7.87. The summed E-state index contributed by atoms with van der Waals surface area (Å²) in [6.45, 7) is 2.50. The van der Waals surface area contributed by atoms with E-state index in [0.717, 1.165) is 27.2 Å². The number of H-pyrrole nitrogens is 1. The summed E-state index contributed by atoms with van der Waals surface area (Å²) in [7, 11) is 1.65. The van der Waals surface area contributed by atoms with E-state index in [9.17, 15) is 0 Å². The molecule has 1 fully saturated rings. The predicted molar refractivity (Wildman–Crippen MR) is 118 cm³/mol. The van der Waals surface area contributed by atoms with Crippen LogP contribution in [0.2, 0.25) is 10.0 Å². The summed E-state index contributed by atoms with van der Waals surface area (Å²) < 4.78 is 8.52. The van der Waals surface area contributed by atoms with E-state index in [1.165, 1.54) is 44.3 Å². The number of halogens is 2. The van der Waals surface area contributed by atoms with Crippen LogP contribution in [0.5, 0.6) is 5.75 Å². The van der Waals surface area contributed by atoms with E-state index in [2.05, 4.69) is 15.0 Å². The molecule has 4 rings (SSSR count). The number of aromatic amines is 1. The number of benzene rings is 2. The third-order valence-corrected chi connectivity index (χ3v) is 5.69. The van der Waals surface area contributed by atoms with Crippen LogP contribution in [-0.2, 0) is 0 Å². The van der Waals surface area contributed by atoms with Gasteiger partial charge in [0.2, 0.25) is 0 Å². The fraction of sp³-hybridized carbons (Fsp3) is 0.300. The molecule has 7 heteroatoms. The van der Waals surface area contributed by atoms with E-state index in [1.54, 1.807) is 13.3 Å². The number of aromatic nitrogens is 1. The lowest BCUT2D eigenvalue weighted by molar-refractivity contribution is 0.413. The van der Waals surface area contributed by atoms with Crippen molar-refractivity contribution < 1.29 is 4.74 Å². The minimum Gasteiger partial charge on any atom is -0.497 e. The summed E-state index contributed by atoms with van der Waals surface area (Å²) in [5.74, 6) is 0.825. The molecule has 1 aliphatic heterocycles. The van der Waals surface area contributed by atoms with Crippen LogP contribution in [0.3, 0.4) is 0 Å². The van der Waals surface area contributed by atoms with Crippen molar-refractivity contribution in [3.8, 4) is 5.75 Å². The molecule has 0 amide bonds. The van der Waals surface area contributed by atoms with E-state index < -0.39 is 0 Å². The first-order valence-corrected chi connectivity index (χ1v) is 10.5. The van der Waals surface area contributed by atoms with Crippen molar-refractivity contribution in [1.29, 1.82) is 0 Å². The van der Waals surface area contributed by atoms with Crippen LogP contribution in [0.25, 0.3) is 10.9 Å². The molecule has 0 saturated carbocycles. The fourth-order valence-corrected chi connectivity index (χ4v) is 4.11. The maximum absolute atomic E-state index is 6.18. The number of hydrogen-bond donors (Lipinski definition) is 3. The van der Waals surface area contributed by atoms with Crippen LogP contribution in [0.15, 0.2) is 47.5 Å². The molecule has 0 spiro atoms.